The number of para-hydroxylation sites is 1. The molecule has 0 unspecified atom stereocenters. The van der Waals surface area contributed by atoms with Crippen molar-refractivity contribution in [2.45, 2.75) is 13.0 Å². The molecule has 0 amide bonds. The Morgan fingerprint density at radius 3 is 2.62 bits per heavy atom. The van der Waals surface area contributed by atoms with Gasteiger partial charge in [0.1, 0.15) is 11.5 Å². The molecular formula is C19H26IN3O3. The summed E-state index contributed by atoms with van der Waals surface area (Å²) >= 11 is 0. The smallest absolute Gasteiger partial charge is 0.193 e. The summed E-state index contributed by atoms with van der Waals surface area (Å²) in [6, 6.07) is 15.4. The molecule has 0 aliphatic heterocycles. The Kier molecular flexibility index (Phi) is 10.5. The topological polar surface area (TPSA) is 78.1 Å². The van der Waals surface area contributed by atoms with Gasteiger partial charge in [-0.1, -0.05) is 24.3 Å². The molecule has 142 valence electrons. The average molecular weight is 471 g/mol. The van der Waals surface area contributed by atoms with Crippen molar-refractivity contribution in [3.63, 3.8) is 0 Å². The summed E-state index contributed by atoms with van der Waals surface area (Å²) in [6.07, 6.45) is 0.763. The van der Waals surface area contributed by atoms with Crippen LogP contribution in [0.3, 0.4) is 0 Å². The van der Waals surface area contributed by atoms with Gasteiger partial charge < -0.3 is 25.3 Å². The fourth-order valence-corrected chi connectivity index (χ4v) is 2.25. The van der Waals surface area contributed by atoms with Crippen LogP contribution in [0.2, 0.25) is 0 Å². The minimum absolute atomic E-state index is 0. The molecular weight excluding hydrogens is 445 g/mol. The fourth-order valence-electron chi connectivity index (χ4n) is 2.25. The highest BCUT2D eigenvalue weighted by atomic mass is 127. The normalized spacial score (nSPS) is 10.8. The predicted octanol–water partition coefficient (Wildman–Crippen LogP) is 3.66. The van der Waals surface area contributed by atoms with Crippen molar-refractivity contribution in [2.75, 3.05) is 32.7 Å². The molecule has 0 fully saturated rings. The maximum Gasteiger partial charge on any atom is 0.193 e. The zero-order chi connectivity index (χ0) is 17.9. The molecule has 6 nitrogen and oxygen atoms in total. The predicted molar refractivity (Wildman–Crippen MR) is 116 cm³/mol. The molecule has 0 radical (unpaired) electrons. The van der Waals surface area contributed by atoms with Gasteiger partial charge in [0.2, 0.25) is 0 Å². The van der Waals surface area contributed by atoms with Crippen LogP contribution in [0.4, 0.5) is 5.69 Å². The van der Waals surface area contributed by atoms with Crippen LogP contribution in [0.5, 0.6) is 11.5 Å². The highest BCUT2D eigenvalue weighted by Gasteiger charge is 2.02. The third-order valence-corrected chi connectivity index (χ3v) is 3.47. The number of nitrogens with two attached hydrogens (primary N) is 1. The molecule has 0 heterocycles. The third-order valence-electron chi connectivity index (χ3n) is 3.47. The van der Waals surface area contributed by atoms with Gasteiger partial charge in [-0.05, 0) is 18.2 Å². The molecule has 0 saturated carbocycles. The average Bonchev–Trinajstić information content (AvgIpc) is 2.63. The van der Waals surface area contributed by atoms with E-state index in [1.165, 1.54) is 0 Å². The van der Waals surface area contributed by atoms with Gasteiger partial charge in [0.05, 0.1) is 20.3 Å². The standard InChI is InChI=1S/C19H25N3O3.HI/c1-23-14-15-7-3-4-10-18(15)22-19(20)21-11-6-12-25-17-9-5-8-16(13-17)24-2;/h3-5,7-10,13H,6,11-12,14H2,1-2H3,(H3,20,21,22);1H. The zero-order valence-corrected chi connectivity index (χ0v) is 17.4. The van der Waals surface area contributed by atoms with Crippen LogP contribution in [-0.2, 0) is 11.3 Å². The second kappa shape index (κ2) is 12.4. The second-order valence-corrected chi connectivity index (χ2v) is 5.36. The maximum absolute atomic E-state index is 5.94. The third kappa shape index (κ3) is 7.49. The molecule has 7 heteroatoms. The minimum Gasteiger partial charge on any atom is -0.497 e. The first-order valence-corrected chi connectivity index (χ1v) is 8.13. The van der Waals surface area contributed by atoms with E-state index in [0.29, 0.717) is 25.7 Å². The maximum atomic E-state index is 5.94. The molecule has 0 aliphatic carbocycles. The second-order valence-electron chi connectivity index (χ2n) is 5.36. The van der Waals surface area contributed by atoms with Crippen molar-refractivity contribution in [1.82, 2.24) is 0 Å². The number of guanidine groups is 1. The first-order chi connectivity index (χ1) is 12.2. The molecule has 0 atom stereocenters. The van der Waals surface area contributed by atoms with Crippen LogP contribution in [0.1, 0.15) is 12.0 Å². The van der Waals surface area contributed by atoms with Crippen LogP contribution in [0.15, 0.2) is 53.5 Å². The van der Waals surface area contributed by atoms with Crippen LogP contribution >= 0.6 is 24.0 Å². The lowest BCUT2D eigenvalue weighted by Crippen LogP contribution is -2.23. The van der Waals surface area contributed by atoms with Gasteiger partial charge >= 0.3 is 0 Å². The van der Waals surface area contributed by atoms with Crippen molar-refractivity contribution >= 4 is 35.6 Å². The van der Waals surface area contributed by atoms with Crippen molar-refractivity contribution in [3.8, 4) is 11.5 Å². The van der Waals surface area contributed by atoms with Crippen LogP contribution < -0.4 is 20.5 Å². The fraction of sp³-hybridized carbons (Fsp3) is 0.316. The van der Waals surface area contributed by atoms with Crippen molar-refractivity contribution in [2.24, 2.45) is 10.7 Å². The molecule has 2 aromatic carbocycles. The quantitative estimate of drug-likeness (QED) is 0.253. The molecule has 0 aliphatic rings. The number of ether oxygens (including phenoxy) is 3. The first-order valence-electron chi connectivity index (χ1n) is 8.13. The number of anilines is 1. The summed E-state index contributed by atoms with van der Waals surface area (Å²) in [7, 11) is 3.30. The lowest BCUT2D eigenvalue weighted by molar-refractivity contribution is 0.185. The summed E-state index contributed by atoms with van der Waals surface area (Å²) in [6.45, 7) is 1.66. The van der Waals surface area contributed by atoms with Crippen LogP contribution in [-0.4, -0.2) is 33.3 Å². The monoisotopic (exact) mass is 471 g/mol. The van der Waals surface area contributed by atoms with Crippen molar-refractivity contribution in [3.05, 3.63) is 54.1 Å². The summed E-state index contributed by atoms with van der Waals surface area (Å²) in [5, 5.41) is 3.11. The largest absolute Gasteiger partial charge is 0.497 e. The summed E-state index contributed by atoms with van der Waals surface area (Å²) in [5.41, 5.74) is 7.88. The van der Waals surface area contributed by atoms with E-state index in [0.717, 1.165) is 29.2 Å². The van der Waals surface area contributed by atoms with Gasteiger partial charge in [0.25, 0.3) is 0 Å². The number of halogens is 1. The Morgan fingerprint density at radius 1 is 1.08 bits per heavy atom. The van der Waals surface area contributed by atoms with E-state index >= 15 is 0 Å². The lowest BCUT2D eigenvalue weighted by Gasteiger charge is -2.11. The highest BCUT2D eigenvalue weighted by Crippen LogP contribution is 2.19. The number of benzene rings is 2. The highest BCUT2D eigenvalue weighted by molar-refractivity contribution is 14.0. The van der Waals surface area contributed by atoms with Gasteiger partial charge in [-0.25, -0.2) is 0 Å². The van der Waals surface area contributed by atoms with E-state index in [1.54, 1.807) is 14.2 Å². The van der Waals surface area contributed by atoms with Crippen LogP contribution in [0.25, 0.3) is 0 Å². The van der Waals surface area contributed by atoms with E-state index in [9.17, 15) is 0 Å². The first kappa shape index (κ1) is 22.0. The SMILES string of the molecule is COCc1ccccc1NC(N)=NCCCOc1cccc(OC)c1.I. The van der Waals surface area contributed by atoms with E-state index in [4.69, 9.17) is 19.9 Å². The number of hydrogen-bond acceptors (Lipinski definition) is 4. The Balaban J connectivity index is 0.00000338. The summed E-state index contributed by atoms with van der Waals surface area (Å²) < 4.78 is 16.0. The molecule has 2 rings (SSSR count). The van der Waals surface area contributed by atoms with E-state index < -0.39 is 0 Å². The Labute approximate surface area is 171 Å². The summed E-state index contributed by atoms with van der Waals surface area (Å²) in [4.78, 5) is 4.32. The van der Waals surface area contributed by atoms with Gasteiger partial charge in [0.15, 0.2) is 5.96 Å². The molecule has 3 N–H and O–H groups in total. The minimum atomic E-state index is 0. The Morgan fingerprint density at radius 2 is 1.85 bits per heavy atom. The number of rotatable bonds is 9. The Hall–Kier alpha value is -2.00. The Bertz CT molecular complexity index is 695. The van der Waals surface area contributed by atoms with Gasteiger partial charge in [-0.2, -0.15) is 0 Å². The van der Waals surface area contributed by atoms with Crippen molar-refractivity contribution < 1.29 is 14.2 Å². The van der Waals surface area contributed by atoms with Gasteiger partial charge in [0, 0.05) is 37.4 Å². The zero-order valence-electron chi connectivity index (χ0n) is 15.1. The van der Waals surface area contributed by atoms with Crippen LogP contribution in [0, 0.1) is 0 Å². The molecule has 0 bridgehead atoms. The van der Waals surface area contributed by atoms with Gasteiger partial charge in [-0.15, -0.1) is 24.0 Å². The molecule has 2 aromatic rings. The van der Waals surface area contributed by atoms with Gasteiger partial charge in [-0.3, -0.25) is 4.99 Å². The van der Waals surface area contributed by atoms with E-state index in [-0.39, 0.29) is 24.0 Å². The lowest BCUT2D eigenvalue weighted by atomic mass is 10.2. The number of hydrogen-bond donors (Lipinski definition) is 2. The molecule has 26 heavy (non-hydrogen) atoms. The van der Waals surface area contributed by atoms with Crippen molar-refractivity contribution in [1.29, 1.82) is 0 Å². The summed E-state index contributed by atoms with van der Waals surface area (Å²) in [5.74, 6) is 1.94. The number of nitrogens with one attached hydrogen (secondary N) is 1. The molecule has 0 saturated heterocycles. The van der Waals surface area contributed by atoms with E-state index in [2.05, 4.69) is 10.3 Å². The van der Waals surface area contributed by atoms with E-state index in [1.807, 2.05) is 48.5 Å². The molecule has 0 aromatic heterocycles. The number of methoxy groups -OCH3 is 2. The number of nitrogens with zero attached hydrogens (tertiary/aromatic N) is 1. The number of aliphatic imine (C=N–C) groups is 1. The molecule has 0 spiro atoms.